The zero-order chi connectivity index (χ0) is 20.8. The van der Waals surface area contributed by atoms with Gasteiger partial charge in [0.15, 0.2) is 6.10 Å². The smallest absolute Gasteiger partial charge is 0.331 e. The summed E-state index contributed by atoms with van der Waals surface area (Å²) in [4.78, 5) is 24.3. The molecule has 1 saturated carbocycles. The van der Waals surface area contributed by atoms with Crippen molar-refractivity contribution in [3.8, 4) is 0 Å². The molecule has 0 spiro atoms. The molecule has 0 bridgehead atoms. The van der Waals surface area contributed by atoms with Crippen LogP contribution in [-0.2, 0) is 20.9 Å². The van der Waals surface area contributed by atoms with Gasteiger partial charge < -0.3 is 10.1 Å². The van der Waals surface area contributed by atoms with Crippen LogP contribution < -0.4 is 5.32 Å². The summed E-state index contributed by atoms with van der Waals surface area (Å²) in [6, 6.07) is 10.1. The van der Waals surface area contributed by atoms with Crippen molar-refractivity contribution < 1.29 is 14.3 Å². The highest BCUT2D eigenvalue weighted by Gasteiger charge is 2.22. The van der Waals surface area contributed by atoms with Crippen LogP contribution in [0.3, 0.4) is 0 Å². The summed E-state index contributed by atoms with van der Waals surface area (Å²) < 4.78 is 6.91. The summed E-state index contributed by atoms with van der Waals surface area (Å²) in [5.41, 5.74) is 2.44. The molecule has 7 heteroatoms. The van der Waals surface area contributed by atoms with Crippen molar-refractivity contribution in [1.82, 2.24) is 15.1 Å². The monoisotopic (exact) mass is 415 g/mol. The second-order valence-corrected chi connectivity index (χ2v) is 7.69. The van der Waals surface area contributed by atoms with Gasteiger partial charge in [0.05, 0.1) is 12.2 Å². The lowest BCUT2D eigenvalue weighted by atomic mass is 10.2. The van der Waals surface area contributed by atoms with E-state index in [0.29, 0.717) is 23.0 Å². The van der Waals surface area contributed by atoms with E-state index in [0.717, 1.165) is 31.2 Å². The first kappa shape index (κ1) is 21.1. The summed E-state index contributed by atoms with van der Waals surface area (Å²) in [6.45, 7) is 3.94. The van der Waals surface area contributed by atoms with Crippen molar-refractivity contribution in [1.29, 1.82) is 0 Å². The number of nitrogens with one attached hydrogen (secondary N) is 1. The van der Waals surface area contributed by atoms with E-state index in [1.165, 1.54) is 6.08 Å². The normalized spacial score (nSPS) is 15.6. The largest absolute Gasteiger partial charge is 0.449 e. The van der Waals surface area contributed by atoms with E-state index in [-0.39, 0.29) is 11.9 Å². The van der Waals surface area contributed by atoms with Crippen LogP contribution in [0.2, 0.25) is 5.15 Å². The number of halogens is 1. The molecule has 1 N–H and O–H groups in total. The third-order valence-corrected chi connectivity index (χ3v) is 5.43. The van der Waals surface area contributed by atoms with Crippen molar-refractivity contribution in [3.63, 3.8) is 0 Å². The van der Waals surface area contributed by atoms with Crippen molar-refractivity contribution in [3.05, 3.63) is 58.4 Å². The molecule has 1 amide bonds. The first-order valence-electron chi connectivity index (χ1n) is 9.90. The van der Waals surface area contributed by atoms with Crippen LogP contribution in [0.5, 0.6) is 0 Å². The van der Waals surface area contributed by atoms with E-state index in [9.17, 15) is 9.59 Å². The molecule has 1 unspecified atom stereocenters. The number of esters is 1. The molecule has 1 aromatic carbocycles. The van der Waals surface area contributed by atoms with Crippen LogP contribution in [0.4, 0.5) is 0 Å². The van der Waals surface area contributed by atoms with E-state index in [1.807, 2.05) is 37.3 Å². The van der Waals surface area contributed by atoms with Crippen molar-refractivity contribution in [2.75, 3.05) is 0 Å². The predicted octanol–water partition coefficient (Wildman–Crippen LogP) is 3.90. The van der Waals surface area contributed by atoms with Crippen LogP contribution in [0.15, 0.2) is 36.4 Å². The molecule has 2 aromatic rings. The fraction of sp³-hybridized carbons (Fsp3) is 0.409. The van der Waals surface area contributed by atoms with Gasteiger partial charge in [0.1, 0.15) is 5.15 Å². The van der Waals surface area contributed by atoms with Gasteiger partial charge in [0.2, 0.25) is 0 Å². The Hall–Kier alpha value is -2.60. The van der Waals surface area contributed by atoms with E-state index in [2.05, 4.69) is 10.4 Å². The van der Waals surface area contributed by atoms with E-state index in [4.69, 9.17) is 16.3 Å². The van der Waals surface area contributed by atoms with Crippen LogP contribution in [0, 0.1) is 6.92 Å². The highest BCUT2D eigenvalue weighted by molar-refractivity contribution is 6.31. The van der Waals surface area contributed by atoms with Gasteiger partial charge in [-0.05, 0) is 38.3 Å². The Morgan fingerprint density at radius 2 is 2.00 bits per heavy atom. The van der Waals surface area contributed by atoms with E-state index in [1.54, 1.807) is 17.7 Å². The fourth-order valence-electron chi connectivity index (χ4n) is 3.42. The number of carbonyl (C=O) groups is 2. The molecule has 1 fully saturated rings. The number of rotatable bonds is 7. The Morgan fingerprint density at radius 3 is 2.69 bits per heavy atom. The number of benzene rings is 1. The molecule has 154 valence electrons. The SMILES string of the molecule is Cc1nn(Cc2ccccc2)c(Cl)c1C=CC(=O)OC(C)C(=O)NC1CCCC1. The molecule has 1 aliphatic rings. The lowest BCUT2D eigenvalue weighted by Gasteiger charge is -2.16. The van der Waals surface area contributed by atoms with E-state index >= 15 is 0 Å². The number of hydrogen-bond donors (Lipinski definition) is 1. The first-order valence-corrected chi connectivity index (χ1v) is 10.3. The van der Waals surface area contributed by atoms with Crippen molar-refractivity contribution in [2.45, 2.75) is 58.2 Å². The van der Waals surface area contributed by atoms with Crippen LogP contribution in [0.1, 0.15) is 49.4 Å². The zero-order valence-electron chi connectivity index (χ0n) is 16.7. The maximum Gasteiger partial charge on any atom is 0.331 e. The molecular formula is C22H26ClN3O3. The van der Waals surface area contributed by atoms with Crippen LogP contribution in [-0.4, -0.2) is 33.8 Å². The molecule has 1 heterocycles. The molecular weight excluding hydrogens is 390 g/mol. The Labute approximate surface area is 175 Å². The average Bonchev–Trinajstić information content (AvgIpc) is 3.29. The fourth-order valence-corrected chi connectivity index (χ4v) is 3.72. The van der Waals surface area contributed by atoms with Gasteiger partial charge >= 0.3 is 5.97 Å². The van der Waals surface area contributed by atoms with Gasteiger partial charge in [-0.2, -0.15) is 5.10 Å². The summed E-state index contributed by atoms with van der Waals surface area (Å²) in [5, 5.41) is 7.82. The maximum atomic E-state index is 12.1. The number of amides is 1. The minimum Gasteiger partial charge on any atom is -0.449 e. The van der Waals surface area contributed by atoms with Crippen molar-refractivity contribution in [2.24, 2.45) is 0 Å². The summed E-state index contributed by atoms with van der Waals surface area (Å²) >= 11 is 6.45. The molecule has 1 atom stereocenters. The van der Waals surface area contributed by atoms with Crippen molar-refractivity contribution >= 4 is 29.6 Å². The first-order chi connectivity index (χ1) is 13.9. The number of ether oxygens (including phenoxy) is 1. The summed E-state index contributed by atoms with van der Waals surface area (Å²) in [7, 11) is 0. The maximum absolute atomic E-state index is 12.1. The predicted molar refractivity (Wildman–Crippen MR) is 113 cm³/mol. The van der Waals surface area contributed by atoms with Gasteiger partial charge in [0.25, 0.3) is 5.91 Å². The average molecular weight is 416 g/mol. The van der Waals surface area contributed by atoms with Gasteiger partial charge in [-0.3, -0.25) is 4.79 Å². The van der Waals surface area contributed by atoms with Gasteiger partial charge in [-0.15, -0.1) is 0 Å². The van der Waals surface area contributed by atoms with Crippen LogP contribution in [0.25, 0.3) is 6.08 Å². The second kappa shape index (κ2) is 9.74. The zero-order valence-corrected chi connectivity index (χ0v) is 17.5. The molecule has 1 aromatic heterocycles. The third kappa shape index (κ3) is 5.70. The number of nitrogens with zero attached hydrogens (tertiary/aromatic N) is 2. The third-order valence-electron chi connectivity index (χ3n) is 5.03. The standard InChI is InChI=1S/C22H26ClN3O3/c1-15-19(21(23)26(25-15)14-17-8-4-3-5-9-17)12-13-20(27)29-16(2)22(28)24-18-10-6-7-11-18/h3-5,8-9,12-13,16,18H,6-7,10-11,14H2,1-2H3,(H,24,28). The number of aryl methyl sites for hydroxylation is 1. The van der Waals surface area contributed by atoms with Crippen LogP contribution >= 0.6 is 11.6 Å². The van der Waals surface area contributed by atoms with E-state index < -0.39 is 12.1 Å². The molecule has 1 aliphatic carbocycles. The summed E-state index contributed by atoms with van der Waals surface area (Å²) in [6.07, 6.45) is 6.23. The highest BCUT2D eigenvalue weighted by atomic mass is 35.5. The Kier molecular flexibility index (Phi) is 7.09. The molecule has 0 aliphatic heterocycles. The Morgan fingerprint density at radius 1 is 1.31 bits per heavy atom. The lowest BCUT2D eigenvalue weighted by Crippen LogP contribution is -2.40. The molecule has 6 nitrogen and oxygen atoms in total. The molecule has 3 rings (SSSR count). The molecule has 0 radical (unpaired) electrons. The number of carbonyl (C=O) groups excluding carboxylic acids is 2. The molecule has 0 saturated heterocycles. The Bertz CT molecular complexity index is 886. The quantitative estimate of drug-likeness (QED) is 0.549. The number of hydrogen-bond acceptors (Lipinski definition) is 4. The van der Waals surface area contributed by atoms with Gasteiger partial charge in [-0.25, -0.2) is 9.48 Å². The highest BCUT2D eigenvalue weighted by Crippen LogP contribution is 2.22. The van der Waals surface area contributed by atoms with Gasteiger partial charge in [0, 0.05) is 17.7 Å². The Balaban J connectivity index is 1.58. The van der Waals surface area contributed by atoms with Gasteiger partial charge in [-0.1, -0.05) is 54.8 Å². The molecule has 29 heavy (non-hydrogen) atoms. The topological polar surface area (TPSA) is 73.2 Å². The second-order valence-electron chi connectivity index (χ2n) is 7.34. The summed E-state index contributed by atoms with van der Waals surface area (Å²) in [5.74, 6) is -0.853. The minimum atomic E-state index is -0.842. The number of aromatic nitrogens is 2. The minimum absolute atomic E-state index is 0.191. The lowest BCUT2D eigenvalue weighted by molar-refractivity contribution is -0.150.